The van der Waals surface area contributed by atoms with Crippen molar-refractivity contribution >= 4 is 29.2 Å². The van der Waals surface area contributed by atoms with Crippen molar-refractivity contribution in [2.24, 2.45) is 0 Å². The van der Waals surface area contributed by atoms with Gasteiger partial charge in [0.25, 0.3) is 5.91 Å². The fourth-order valence-electron chi connectivity index (χ4n) is 2.85. The van der Waals surface area contributed by atoms with Crippen LogP contribution in [0.25, 0.3) is 0 Å². The Morgan fingerprint density at radius 3 is 2.44 bits per heavy atom. The number of hydrogen-bond donors (Lipinski definition) is 1. The highest BCUT2D eigenvalue weighted by Gasteiger charge is 2.52. The van der Waals surface area contributed by atoms with Gasteiger partial charge in [0, 0.05) is 10.7 Å². The summed E-state index contributed by atoms with van der Waals surface area (Å²) < 4.78 is 5.27. The number of carbonyl (C=O) groups excluding carboxylic acids is 2. The molecule has 0 unspecified atom stereocenters. The van der Waals surface area contributed by atoms with Gasteiger partial charge in [-0.15, -0.1) is 0 Å². The lowest BCUT2D eigenvalue weighted by molar-refractivity contribution is -0.150. The Hall–Kier alpha value is -2.33. The Morgan fingerprint density at radius 1 is 1.12 bits per heavy atom. The molecule has 1 aliphatic carbocycles. The molecule has 0 aliphatic heterocycles. The van der Waals surface area contributed by atoms with Crippen molar-refractivity contribution in [3.05, 3.63) is 64.2 Å². The molecular weight excluding hydrogens is 338 g/mol. The number of anilines is 1. The topological polar surface area (TPSA) is 55.4 Å². The van der Waals surface area contributed by atoms with E-state index in [1.165, 1.54) is 0 Å². The summed E-state index contributed by atoms with van der Waals surface area (Å²) >= 11 is 5.90. The Morgan fingerprint density at radius 2 is 1.80 bits per heavy atom. The molecule has 0 heterocycles. The van der Waals surface area contributed by atoms with Gasteiger partial charge in [0.2, 0.25) is 0 Å². The highest BCUT2D eigenvalue weighted by atomic mass is 35.5. The van der Waals surface area contributed by atoms with E-state index in [-0.39, 0.29) is 18.5 Å². The first-order valence-corrected chi connectivity index (χ1v) is 8.59. The van der Waals surface area contributed by atoms with E-state index in [1.54, 1.807) is 12.1 Å². The van der Waals surface area contributed by atoms with Crippen molar-refractivity contribution in [1.82, 2.24) is 0 Å². The summed E-state index contributed by atoms with van der Waals surface area (Å²) in [5, 5.41) is 3.42. The zero-order chi connectivity index (χ0) is 18.0. The molecule has 1 fully saturated rings. The first kappa shape index (κ1) is 17.5. The summed E-state index contributed by atoms with van der Waals surface area (Å²) in [6.07, 6.45) is 1.46. The van der Waals surface area contributed by atoms with Crippen LogP contribution < -0.4 is 5.32 Å². The fraction of sp³-hybridized carbons (Fsp3) is 0.300. The van der Waals surface area contributed by atoms with Crippen molar-refractivity contribution in [2.45, 2.75) is 32.1 Å². The molecule has 0 spiro atoms. The molecule has 1 amide bonds. The Balaban J connectivity index is 1.59. The number of rotatable bonds is 5. The molecule has 0 radical (unpaired) electrons. The zero-order valence-electron chi connectivity index (χ0n) is 14.3. The lowest BCUT2D eigenvalue weighted by Gasteiger charge is -2.15. The first-order chi connectivity index (χ1) is 11.9. The van der Waals surface area contributed by atoms with Gasteiger partial charge in [-0.2, -0.15) is 0 Å². The van der Waals surface area contributed by atoms with Gasteiger partial charge in [0.1, 0.15) is 0 Å². The van der Waals surface area contributed by atoms with Gasteiger partial charge in [-0.1, -0.05) is 35.9 Å². The van der Waals surface area contributed by atoms with Crippen LogP contribution in [0.1, 0.15) is 29.5 Å². The molecule has 0 atom stereocenters. The number of amides is 1. The molecule has 2 aromatic carbocycles. The SMILES string of the molecule is Cc1cccc(NC(=O)COC(=O)C2(c3ccc(Cl)cc3)CC2)c1C. The minimum absolute atomic E-state index is 0.290. The number of nitrogens with one attached hydrogen (secondary N) is 1. The Kier molecular flexibility index (Phi) is 4.82. The maximum atomic E-state index is 12.5. The molecule has 1 N–H and O–H groups in total. The van der Waals surface area contributed by atoms with Crippen LogP contribution in [0.3, 0.4) is 0 Å². The summed E-state index contributed by atoms with van der Waals surface area (Å²) in [5.74, 6) is -0.695. The average molecular weight is 358 g/mol. The maximum absolute atomic E-state index is 12.5. The van der Waals surface area contributed by atoms with Gasteiger partial charge >= 0.3 is 5.97 Å². The van der Waals surface area contributed by atoms with E-state index in [0.717, 1.165) is 35.2 Å². The highest BCUT2D eigenvalue weighted by Crippen LogP contribution is 2.49. The lowest BCUT2D eigenvalue weighted by Crippen LogP contribution is -2.28. The number of ether oxygens (including phenoxy) is 1. The molecule has 4 nitrogen and oxygen atoms in total. The van der Waals surface area contributed by atoms with E-state index in [0.29, 0.717) is 5.02 Å². The van der Waals surface area contributed by atoms with Crippen LogP contribution in [0.15, 0.2) is 42.5 Å². The second-order valence-electron chi connectivity index (χ2n) is 6.46. The van der Waals surface area contributed by atoms with Gasteiger partial charge in [0.15, 0.2) is 6.61 Å². The minimum Gasteiger partial charge on any atom is -0.455 e. The number of aryl methyl sites for hydroxylation is 1. The summed E-state index contributed by atoms with van der Waals surface area (Å²) in [5.41, 5.74) is 3.10. The third-order valence-electron chi connectivity index (χ3n) is 4.75. The van der Waals surface area contributed by atoms with E-state index in [4.69, 9.17) is 16.3 Å². The predicted octanol–water partition coefficient (Wildman–Crippen LogP) is 4.17. The zero-order valence-corrected chi connectivity index (χ0v) is 15.0. The number of halogens is 1. The van der Waals surface area contributed by atoms with Crippen molar-refractivity contribution in [2.75, 3.05) is 11.9 Å². The van der Waals surface area contributed by atoms with Crippen LogP contribution in [-0.4, -0.2) is 18.5 Å². The molecule has 3 rings (SSSR count). The van der Waals surface area contributed by atoms with E-state index in [1.807, 2.05) is 44.2 Å². The van der Waals surface area contributed by atoms with Crippen LogP contribution in [-0.2, 0) is 19.7 Å². The molecule has 5 heteroatoms. The molecule has 1 aliphatic rings. The lowest BCUT2D eigenvalue weighted by atomic mass is 9.96. The number of esters is 1. The monoisotopic (exact) mass is 357 g/mol. The number of carbonyl (C=O) groups is 2. The molecule has 0 aromatic heterocycles. The molecule has 2 aromatic rings. The molecular formula is C20H20ClNO3. The van der Waals surface area contributed by atoms with Gasteiger partial charge < -0.3 is 10.1 Å². The van der Waals surface area contributed by atoms with E-state index in [9.17, 15) is 9.59 Å². The Labute approximate surface area is 152 Å². The predicted molar refractivity (Wildman–Crippen MR) is 97.9 cm³/mol. The van der Waals surface area contributed by atoms with Gasteiger partial charge in [0.05, 0.1) is 5.41 Å². The van der Waals surface area contributed by atoms with E-state index >= 15 is 0 Å². The van der Waals surface area contributed by atoms with Crippen LogP contribution in [0.4, 0.5) is 5.69 Å². The quantitative estimate of drug-likeness (QED) is 0.817. The second kappa shape index (κ2) is 6.89. The van der Waals surface area contributed by atoms with Gasteiger partial charge in [-0.25, -0.2) is 0 Å². The first-order valence-electron chi connectivity index (χ1n) is 8.22. The van der Waals surface area contributed by atoms with Crippen molar-refractivity contribution < 1.29 is 14.3 Å². The van der Waals surface area contributed by atoms with Gasteiger partial charge in [-0.3, -0.25) is 9.59 Å². The maximum Gasteiger partial charge on any atom is 0.317 e. The van der Waals surface area contributed by atoms with E-state index < -0.39 is 5.41 Å². The minimum atomic E-state index is -0.621. The van der Waals surface area contributed by atoms with Gasteiger partial charge in [-0.05, 0) is 61.6 Å². The van der Waals surface area contributed by atoms with Crippen LogP contribution in [0, 0.1) is 13.8 Å². The van der Waals surface area contributed by atoms with Crippen LogP contribution in [0.5, 0.6) is 0 Å². The van der Waals surface area contributed by atoms with Crippen molar-refractivity contribution in [3.8, 4) is 0 Å². The van der Waals surface area contributed by atoms with Crippen molar-refractivity contribution in [1.29, 1.82) is 0 Å². The average Bonchev–Trinajstić information content (AvgIpc) is 3.39. The number of benzene rings is 2. The number of hydrogen-bond acceptors (Lipinski definition) is 3. The molecule has 0 saturated heterocycles. The smallest absolute Gasteiger partial charge is 0.317 e. The Bertz CT molecular complexity index is 810. The normalized spacial score (nSPS) is 14.7. The standard InChI is InChI=1S/C20H20ClNO3/c1-13-4-3-5-17(14(13)2)22-18(23)12-25-19(24)20(10-11-20)15-6-8-16(21)9-7-15/h3-9H,10-12H2,1-2H3,(H,22,23). The fourth-order valence-corrected chi connectivity index (χ4v) is 2.97. The van der Waals surface area contributed by atoms with Crippen LogP contribution >= 0.6 is 11.6 Å². The summed E-state index contributed by atoms with van der Waals surface area (Å²) in [7, 11) is 0. The molecule has 130 valence electrons. The molecule has 1 saturated carbocycles. The third-order valence-corrected chi connectivity index (χ3v) is 5.00. The van der Waals surface area contributed by atoms with E-state index in [2.05, 4.69) is 5.32 Å². The highest BCUT2D eigenvalue weighted by molar-refractivity contribution is 6.30. The summed E-state index contributed by atoms with van der Waals surface area (Å²) in [6, 6.07) is 12.9. The third kappa shape index (κ3) is 3.69. The molecule has 25 heavy (non-hydrogen) atoms. The van der Waals surface area contributed by atoms with Crippen molar-refractivity contribution in [3.63, 3.8) is 0 Å². The summed E-state index contributed by atoms with van der Waals surface area (Å²) in [6.45, 7) is 3.63. The molecule has 0 bridgehead atoms. The second-order valence-corrected chi connectivity index (χ2v) is 6.90. The largest absolute Gasteiger partial charge is 0.455 e. The summed E-state index contributed by atoms with van der Waals surface area (Å²) in [4.78, 5) is 24.6. The van der Waals surface area contributed by atoms with Crippen LogP contribution in [0.2, 0.25) is 5.02 Å².